The van der Waals surface area contributed by atoms with Crippen LogP contribution >= 0.6 is 0 Å². The lowest BCUT2D eigenvalue weighted by Gasteiger charge is -2.34. The predicted octanol–water partition coefficient (Wildman–Crippen LogP) is 0.874. The van der Waals surface area contributed by atoms with Gasteiger partial charge in [-0.05, 0) is 25.0 Å². The van der Waals surface area contributed by atoms with Crippen molar-refractivity contribution in [3.63, 3.8) is 0 Å². The third kappa shape index (κ3) is 5.19. The number of nitrogens with one attached hydrogen (secondary N) is 1. The number of nitrogens with zero attached hydrogens (tertiary/aromatic N) is 3. The number of carbonyl (C=O) groups is 2. The maximum atomic E-state index is 12.2. The maximum Gasteiger partial charge on any atom is 0.238 e. The van der Waals surface area contributed by atoms with Gasteiger partial charge >= 0.3 is 0 Å². The van der Waals surface area contributed by atoms with E-state index >= 15 is 0 Å². The smallest absolute Gasteiger partial charge is 0.238 e. The molecule has 0 atom stereocenters. The molecule has 1 aromatic rings. The zero-order valence-corrected chi connectivity index (χ0v) is 15.4. The van der Waals surface area contributed by atoms with Gasteiger partial charge in [0.25, 0.3) is 0 Å². The molecule has 1 aromatic carbocycles. The number of rotatable bonds is 6. The largest absolute Gasteiger partial charge is 0.497 e. The Hall–Kier alpha value is -2.12. The third-order valence-corrected chi connectivity index (χ3v) is 5.00. The standard InChI is InChI=1S/C19H28N4O3/c1-26-17-6-4-5-16(13-17)20-18(24)14-21-9-11-22(12-10-21)15-19(25)23-7-2-3-8-23/h4-6,13H,2-3,7-12,14-15H2,1H3,(H,20,24). The van der Waals surface area contributed by atoms with Gasteiger partial charge in [0.05, 0.1) is 20.2 Å². The minimum atomic E-state index is -0.0279. The number of ether oxygens (including phenoxy) is 1. The number of methoxy groups -OCH3 is 1. The van der Waals surface area contributed by atoms with Crippen molar-refractivity contribution in [1.82, 2.24) is 14.7 Å². The zero-order chi connectivity index (χ0) is 18.4. The minimum Gasteiger partial charge on any atom is -0.497 e. The molecule has 2 heterocycles. The number of amides is 2. The molecule has 2 aliphatic heterocycles. The van der Waals surface area contributed by atoms with Crippen LogP contribution in [-0.4, -0.2) is 86.0 Å². The van der Waals surface area contributed by atoms with Crippen LogP contribution in [-0.2, 0) is 9.59 Å². The lowest BCUT2D eigenvalue weighted by molar-refractivity contribution is -0.132. The van der Waals surface area contributed by atoms with Crippen molar-refractivity contribution >= 4 is 17.5 Å². The molecule has 3 rings (SSSR count). The number of benzene rings is 1. The first-order valence-corrected chi connectivity index (χ1v) is 9.30. The molecule has 2 fully saturated rings. The maximum absolute atomic E-state index is 12.2. The molecule has 0 aliphatic carbocycles. The highest BCUT2D eigenvalue weighted by Gasteiger charge is 2.24. The van der Waals surface area contributed by atoms with Gasteiger partial charge in [0.2, 0.25) is 11.8 Å². The van der Waals surface area contributed by atoms with Crippen LogP contribution in [0.25, 0.3) is 0 Å². The molecule has 0 saturated carbocycles. The quantitative estimate of drug-likeness (QED) is 0.816. The van der Waals surface area contributed by atoms with Crippen LogP contribution in [0.5, 0.6) is 5.75 Å². The number of hydrogen-bond acceptors (Lipinski definition) is 5. The van der Waals surface area contributed by atoms with Crippen molar-refractivity contribution < 1.29 is 14.3 Å². The average Bonchev–Trinajstić information content (AvgIpc) is 3.18. The fraction of sp³-hybridized carbons (Fsp3) is 0.579. The molecule has 7 nitrogen and oxygen atoms in total. The number of anilines is 1. The second-order valence-electron chi connectivity index (χ2n) is 6.92. The summed E-state index contributed by atoms with van der Waals surface area (Å²) >= 11 is 0. The zero-order valence-electron chi connectivity index (χ0n) is 15.4. The van der Waals surface area contributed by atoms with E-state index in [2.05, 4.69) is 15.1 Å². The summed E-state index contributed by atoms with van der Waals surface area (Å²) in [5, 5.41) is 2.91. The first-order valence-electron chi connectivity index (χ1n) is 9.30. The molecule has 0 bridgehead atoms. The number of hydrogen-bond donors (Lipinski definition) is 1. The Morgan fingerprint density at radius 3 is 2.31 bits per heavy atom. The molecule has 2 amide bonds. The van der Waals surface area contributed by atoms with Gasteiger partial charge in [-0.3, -0.25) is 19.4 Å². The fourth-order valence-electron chi connectivity index (χ4n) is 3.47. The second-order valence-corrected chi connectivity index (χ2v) is 6.92. The van der Waals surface area contributed by atoms with E-state index in [0.29, 0.717) is 13.1 Å². The van der Waals surface area contributed by atoms with E-state index in [9.17, 15) is 9.59 Å². The van der Waals surface area contributed by atoms with E-state index in [1.165, 1.54) is 0 Å². The highest BCUT2D eigenvalue weighted by Crippen LogP contribution is 2.16. The van der Waals surface area contributed by atoms with Gasteiger partial charge in [-0.25, -0.2) is 0 Å². The first-order chi connectivity index (χ1) is 12.6. The van der Waals surface area contributed by atoms with Gasteiger partial charge in [-0.1, -0.05) is 6.07 Å². The van der Waals surface area contributed by atoms with Gasteiger partial charge in [0.15, 0.2) is 0 Å². The summed E-state index contributed by atoms with van der Waals surface area (Å²) in [5.41, 5.74) is 0.740. The second kappa shape index (κ2) is 9.00. The Labute approximate surface area is 154 Å². The molecular weight excluding hydrogens is 332 g/mol. The van der Waals surface area contributed by atoms with Crippen molar-refractivity contribution in [2.45, 2.75) is 12.8 Å². The molecule has 2 saturated heterocycles. The van der Waals surface area contributed by atoms with Crippen molar-refractivity contribution in [2.75, 3.05) is 64.8 Å². The van der Waals surface area contributed by atoms with E-state index in [1.54, 1.807) is 13.2 Å². The van der Waals surface area contributed by atoms with Crippen LogP contribution in [0.2, 0.25) is 0 Å². The lowest BCUT2D eigenvalue weighted by atomic mass is 10.2. The van der Waals surface area contributed by atoms with Crippen LogP contribution in [0.4, 0.5) is 5.69 Å². The summed E-state index contributed by atoms with van der Waals surface area (Å²) < 4.78 is 5.17. The first kappa shape index (κ1) is 18.7. The molecule has 142 valence electrons. The fourth-order valence-corrected chi connectivity index (χ4v) is 3.47. The van der Waals surface area contributed by atoms with Gasteiger partial charge in [0, 0.05) is 51.0 Å². The summed E-state index contributed by atoms with van der Waals surface area (Å²) in [4.78, 5) is 30.8. The van der Waals surface area contributed by atoms with E-state index in [4.69, 9.17) is 4.74 Å². The Balaban J connectivity index is 1.39. The monoisotopic (exact) mass is 360 g/mol. The Morgan fingerprint density at radius 1 is 1.00 bits per heavy atom. The molecule has 7 heteroatoms. The SMILES string of the molecule is COc1cccc(NC(=O)CN2CCN(CC(=O)N3CCCC3)CC2)c1. The van der Waals surface area contributed by atoms with Crippen LogP contribution in [0.15, 0.2) is 24.3 Å². The normalized spacial score (nSPS) is 18.7. The number of carbonyl (C=O) groups excluding carboxylic acids is 2. The highest BCUT2D eigenvalue weighted by atomic mass is 16.5. The summed E-state index contributed by atoms with van der Waals surface area (Å²) in [6, 6.07) is 7.35. The summed E-state index contributed by atoms with van der Waals surface area (Å²) in [5.74, 6) is 0.936. The third-order valence-electron chi connectivity index (χ3n) is 5.00. The Bertz CT molecular complexity index is 623. The van der Waals surface area contributed by atoms with Crippen LogP contribution < -0.4 is 10.1 Å². The molecule has 26 heavy (non-hydrogen) atoms. The Morgan fingerprint density at radius 2 is 1.65 bits per heavy atom. The van der Waals surface area contributed by atoms with Gasteiger partial charge in [-0.2, -0.15) is 0 Å². The number of likely N-dealkylation sites (tertiary alicyclic amines) is 1. The van der Waals surface area contributed by atoms with Gasteiger partial charge in [0.1, 0.15) is 5.75 Å². The summed E-state index contributed by atoms with van der Waals surface area (Å²) in [6.07, 6.45) is 2.25. The predicted molar refractivity (Wildman–Crippen MR) is 100 cm³/mol. The average molecular weight is 360 g/mol. The van der Waals surface area contributed by atoms with Gasteiger partial charge < -0.3 is 15.0 Å². The molecule has 0 radical (unpaired) electrons. The van der Waals surface area contributed by atoms with Crippen LogP contribution in [0.3, 0.4) is 0 Å². The summed E-state index contributed by atoms with van der Waals surface area (Å²) in [6.45, 7) is 5.94. The highest BCUT2D eigenvalue weighted by molar-refractivity contribution is 5.92. The van der Waals surface area contributed by atoms with E-state index in [-0.39, 0.29) is 11.8 Å². The molecule has 2 aliphatic rings. The molecule has 0 spiro atoms. The number of piperazine rings is 1. The van der Waals surface area contributed by atoms with Crippen molar-refractivity contribution in [2.24, 2.45) is 0 Å². The van der Waals surface area contributed by atoms with Crippen LogP contribution in [0.1, 0.15) is 12.8 Å². The van der Waals surface area contributed by atoms with E-state index < -0.39 is 0 Å². The molecule has 1 N–H and O–H groups in total. The van der Waals surface area contributed by atoms with Gasteiger partial charge in [-0.15, -0.1) is 0 Å². The molecule has 0 aromatic heterocycles. The molecule has 0 unspecified atom stereocenters. The van der Waals surface area contributed by atoms with E-state index in [0.717, 1.165) is 63.5 Å². The molecular formula is C19H28N4O3. The topological polar surface area (TPSA) is 65.1 Å². The minimum absolute atomic E-state index is 0.0279. The Kier molecular flexibility index (Phi) is 6.46. The van der Waals surface area contributed by atoms with Crippen molar-refractivity contribution in [3.05, 3.63) is 24.3 Å². The van der Waals surface area contributed by atoms with Crippen molar-refractivity contribution in [3.8, 4) is 5.75 Å². The van der Waals surface area contributed by atoms with E-state index in [1.807, 2.05) is 23.1 Å². The lowest BCUT2D eigenvalue weighted by Crippen LogP contribution is -2.51. The van der Waals surface area contributed by atoms with Crippen molar-refractivity contribution in [1.29, 1.82) is 0 Å². The van der Waals surface area contributed by atoms with Crippen LogP contribution in [0, 0.1) is 0 Å². The summed E-state index contributed by atoms with van der Waals surface area (Å²) in [7, 11) is 1.61.